The summed E-state index contributed by atoms with van der Waals surface area (Å²) in [5, 5.41) is 6.22. The Morgan fingerprint density at radius 3 is 2.67 bits per heavy atom. The molecule has 0 saturated carbocycles. The summed E-state index contributed by atoms with van der Waals surface area (Å²) < 4.78 is 1.74. The minimum atomic E-state index is -0.130. The summed E-state index contributed by atoms with van der Waals surface area (Å²) in [6, 6.07) is 15.2. The first-order valence-corrected chi connectivity index (χ1v) is 9.93. The van der Waals surface area contributed by atoms with Crippen molar-refractivity contribution >= 4 is 16.7 Å². The van der Waals surface area contributed by atoms with E-state index in [1.807, 2.05) is 68.4 Å². The standard InChI is InChI=1S/C24H24N4O2/c1-16(2)28(15-17-12-26-27(3)14-17)24(30)19-7-9-22-18(11-19)5-4-6-21(22)20-8-10-23(29)25-13-20/h4-14,16H,15H2,1-3H3,(H,25,29). The van der Waals surface area contributed by atoms with Gasteiger partial charge in [0.15, 0.2) is 0 Å². The number of aromatic nitrogens is 3. The van der Waals surface area contributed by atoms with Gasteiger partial charge in [0.2, 0.25) is 5.56 Å². The van der Waals surface area contributed by atoms with Gasteiger partial charge in [-0.1, -0.05) is 24.3 Å². The van der Waals surface area contributed by atoms with E-state index in [9.17, 15) is 9.59 Å². The fraction of sp³-hybridized carbons (Fsp3) is 0.208. The second-order valence-electron chi connectivity index (χ2n) is 7.73. The van der Waals surface area contributed by atoms with E-state index in [2.05, 4.69) is 10.1 Å². The molecule has 0 aliphatic carbocycles. The highest BCUT2D eigenvalue weighted by molar-refractivity contribution is 6.02. The monoisotopic (exact) mass is 400 g/mol. The van der Waals surface area contributed by atoms with Crippen LogP contribution in [-0.4, -0.2) is 31.6 Å². The summed E-state index contributed by atoms with van der Waals surface area (Å²) in [6.45, 7) is 4.55. The van der Waals surface area contributed by atoms with Gasteiger partial charge in [-0.25, -0.2) is 0 Å². The van der Waals surface area contributed by atoms with Crippen LogP contribution in [0.25, 0.3) is 21.9 Å². The molecule has 0 fully saturated rings. The molecule has 2 heterocycles. The van der Waals surface area contributed by atoms with Gasteiger partial charge in [0.1, 0.15) is 0 Å². The average molecular weight is 400 g/mol. The van der Waals surface area contributed by atoms with Crippen molar-refractivity contribution in [1.82, 2.24) is 19.7 Å². The summed E-state index contributed by atoms with van der Waals surface area (Å²) in [7, 11) is 1.87. The number of nitrogens with one attached hydrogen (secondary N) is 1. The minimum Gasteiger partial charge on any atom is -0.332 e. The van der Waals surface area contributed by atoms with Crippen LogP contribution in [0.5, 0.6) is 0 Å². The molecule has 30 heavy (non-hydrogen) atoms. The van der Waals surface area contributed by atoms with Crippen LogP contribution in [0.3, 0.4) is 0 Å². The van der Waals surface area contributed by atoms with E-state index in [4.69, 9.17) is 0 Å². The lowest BCUT2D eigenvalue weighted by Crippen LogP contribution is -2.36. The molecule has 1 amide bonds. The Bertz CT molecular complexity index is 1250. The van der Waals surface area contributed by atoms with Crippen LogP contribution in [0.15, 0.2) is 71.9 Å². The lowest BCUT2D eigenvalue weighted by atomic mass is 9.97. The van der Waals surface area contributed by atoms with Gasteiger partial charge in [0.25, 0.3) is 5.91 Å². The molecular weight excluding hydrogens is 376 g/mol. The van der Waals surface area contributed by atoms with Crippen LogP contribution in [0.2, 0.25) is 0 Å². The second kappa shape index (κ2) is 7.99. The summed E-state index contributed by atoms with van der Waals surface area (Å²) >= 11 is 0. The number of carbonyl (C=O) groups is 1. The average Bonchev–Trinajstić information content (AvgIpc) is 3.16. The number of nitrogens with zero attached hydrogens (tertiary/aromatic N) is 3. The predicted octanol–water partition coefficient (Wildman–Crippen LogP) is 3.98. The molecule has 0 radical (unpaired) electrons. The van der Waals surface area contributed by atoms with Crippen LogP contribution in [0.1, 0.15) is 29.8 Å². The number of pyridine rings is 1. The zero-order valence-electron chi connectivity index (χ0n) is 17.3. The van der Waals surface area contributed by atoms with E-state index in [0.717, 1.165) is 27.5 Å². The molecule has 6 heteroatoms. The number of hydrogen-bond donors (Lipinski definition) is 1. The zero-order chi connectivity index (χ0) is 21.3. The second-order valence-corrected chi connectivity index (χ2v) is 7.73. The Labute approximate surface area is 174 Å². The van der Waals surface area contributed by atoms with Gasteiger partial charge in [-0.15, -0.1) is 0 Å². The van der Waals surface area contributed by atoms with Crippen molar-refractivity contribution < 1.29 is 4.79 Å². The van der Waals surface area contributed by atoms with Crippen molar-refractivity contribution in [1.29, 1.82) is 0 Å². The van der Waals surface area contributed by atoms with Gasteiger partial charge in [-0.2, -0.15) is 5.10 Å². The highest BCUT2D eigenvalue weighted by Gasteiger charge is 2.20. The third kappa shape index (κ3) is 3.89. The molecule has 0 bridgehead atoms. The first kappa shape index (κ1) is 19.6. The SMILES string of the molecule is CC(C)N(Cc1cnn(C)c1)C(=O)c1ccc2c(-c3ccc(=O)[nH]c3)cccc2c1. The Morgan fingerprint density at radius 1 is 1.17 bits per heavy atom. The van der Waals surface area contributed by atoms with E-state index in [-0.39, 0.29) is 17.5 Å². The maximum atomic E-state index is 13.3. The first-order valence-electron chi connectivity index (χ1n) is 9.93. The van der Waals surface area contributed by atoms with Crippen molar-refractivity contribution in [3.8, 4) is 11.1 Å². The largest absolute Gasteiger partial charge is 0.332 e. The number of H-pyrrole nitrogens is 1. The summed E-state index contributed by atoms with van der Waals surface area (Å²) in [5.41, 5.74) is 3.46. The number of benzene rings is 2. The predicted molar refractivity (Wildman–Crippen MR) is 118 cm³/mol. The molecule has 0 aliphatic heterocycles. The van der Waals surface area contributed by atoms with E-state index in [1.165, 1.54) is 6.07 Å². The fourth-order valence-corrected chi connectivity index (χ4v) is 3.65. The Hall–Kier alpha value is -3.67. The molecule has 0 unspecified atom stereocenters. The van der Waals surface area contributed by atoms with Crippen molar-refractivity contribution in [2.75, 3.05) is 0 Å². The summed E-state index contributed by atoms with van der Waals surface area (Å²) in [5.74, 6) is -0.00908. The molecule has 0 atom stereocenters. The molecule has 2 aromatic carbocycles. The molecule has 2 aromatic heterocycles. The van der Waals surface area contributed by atoms with Crippen molar-refractivity contribution in [3.05, 3.63) is 88.6 Å². The van der Waals surface area contributed by atoms with E-state index < -0.39 is 0 Å². The van der Waals surface area contributed by atoms with Gasteiger partial charge in [0.05, 0.1) is 6.20 Å². The Balaban J connectivity index is 1.69. The van der Waals surface area contributed by atoms with Gasteiger partial charge in [0, 0.05) is 49.2 Å². The van der Waals surface area contributed by atoms with Crippen LogP contribution >= 0.6 is 0 Å². The number of rotatable bonds is 5. The lowest BCUT2D eigenvalue weighted by Gasteiger charge is -2.26. The van der Waals surface area contributed by atoms with Crippen LogP contribution in [0, 0.1) is 0 Å². The fourth-order valence-electron chi connectivity index (χ4n) is 3.65. The highest BCUT2D eigenvalue weighted by Crippen LogP contribution is 2.29. The maximum absolute atomic E-state index is 13.3. The lowest BCUT2D eigenvalue weighted by molar-refractivity contribution is 0.0690. The topological polar surface area (TPSA) is 71.0 Å². The smallest absolute Gasteiger partial charge is 0.254 e. The molecule has 152 valence electrons. The van der Waals surface area contributed by atoms with E-state index in [1.54, 1.807) is 23.1 Å². The third-order valence-electron chi connectivity index (χ3n) is 5.22. The number of hydrogen-bond acceptors (Lipinski definition) is 3. The number of fused-ring (bicyclic) bond motifs is 1. The number of aromatic amines is 1. The number of amides is 1. The quantitative estimate of drug-likeness (QED) is 0.551. The molecular formula is C24H24N4O2. The van der Waals surface area contributed by atoms with Gasteiger partial charge >= 0.3 is 0 Å². The molecule has 4 aromatic rings. The van der Waals surface area contributed by atoms with Crippen LogP contribution < -0.4 is 5.56 Å². The van der Waals surface area contributed by atoms with Crippen molar-refractivity contribution in [2.24, 2.45) is 7.05 Å². The maximum Gasteiger partial charge on any atom is 0.254 e. The molecule has 0 aliphatic rings. The van der Waals surface area contributed by atoms with Crippen LogP contribution in [0.4, 0.5) is 0 Å². The minimum absolute atomic E-state index is 0.00908. The molecule has 0 saturated heterocycles. The van der Waals surface area contributed by atoms with E-state index in [0.29, 0.717) is 12.1 Å². The first-order chi connectivity index (χ1) is 14.4. The zero-order valence-corrected chi connectivity index (χ0v) is 17.3. The Morgan fingerprint density at radius 2 is 2.00 bits per heavy atom. The van der Waals surface area contributed by atoms with Gasteiger partial charge in [-0.3, -0.25) is 14.3 Å². The highest BCUT2D eigenvalue weighted by atomic mass is 16.2. The normalized spacial score (nSPS) is 11.2. The molecule has 4 rings (SSSR count). The molecule has 1 N–H and O–H groups in total. The van der Waals surface area contributed by atoms with Crippen molar-refractivity contribution in [2.45, 2.75) is 26.4 Å². The molecule has 0 spiro atoms. The third-order valence-corrected chi connectivity index (χ3v) is 5.22. The van der Waals surface area contributed by atoms with Crippen LogP contribution in [-0.2, 0) is 13.6 Å². The van der Waals surface area contributed by atoms with Crippen molar-refractivity contribution in [3.63, 3.8) is 0 Å². The summed E-state index contributed by atoms with van der Waals surface area (Å²) in [4.78, 5) is 29.2. The number of aryl methyl sites for hydroxylation is 1. The van der Waals surface area contributed by atoms with Gasteiger partial charge in [-0.05, 0) is 53.9 Å². The van der Waals surface area contributed by atoms with Gasteiger partial charge < -0.3 is 9.88 Å². The Kier molecular flexibility index (Phi) is 5.23. The number of carbonyl (C=O) groups excluding carboxylic acids is 1. The van der Waals surface area contributed by atoms with E-state index >= 15 is 0 Å². The summed E-state index contributed by atoms with van der Waals surface area (Å²) in [6.07, 6.45) is 5.43. The molecule has 6 nitrogen and oxygen atoms in total.